The lowest BCUT2D eigenvalue weighted by atomic mass is 9.96. The van der Waals surface area contributed by atoms with E-state index in [2.05, 4.69) is 24.1 Å². The summed E-state index contributed by atoms with van der Waals surface area (Å²) in [5.41, 5.74) is 0.902. The van der Waals surface area contributed by atoms with Gasteiger partial charge in [-0.2, -0.15) is 0 Å². The van der Waals surface area contributed by atoms with Crippen LogP contribution in [0.1, 0.15) is 32.3 Å². The minimum Gasteiger partial charge on any atom is -0.311 e. The summed E-state index contributed by atoms with van der Waals surface area (Å²) in [4.78, 5) is 2.49. The fourth-order valence-corrected chi connectivity index (χ4v) is 3.58. The van der Waals surface area contributed by atoms with Crippen LogP contribution in [0.15, 0.2) is 18.2 Å². The van der Waals surface area contributed by atoms with E-state index < -0.39 is 0 Å². The molecule has 2 atom stereocenters. The molecule has 1 N–H and O–H groups in total. The van der Waals surface area contributed by atoms with Crippen LogP contribution in [0.2, 0.25) is 5.02 Å². The van der Waals surface area contributed by atoms with E-state index in [0.29, 0.717) is 18.0 Å². The number of nitrogens with one attached hydrogen (secondary N) is 1. The van der Waals surface area contributed by atoms with Crippen LogP contribution < -0.4 is 5.32 Å². The van der Waals surface area contributed by atoms with Gasteiger partial charge in [0, 0.05) is 31.7 Å². The molecule has 1 aliphatic carbocycles. The fourth-order valence-electron chi connectivity index (χ4n) is 3.40. The maximum atomic E-state index is 13.6. The number of hydrogen-bond donors (Lipinski definition) is 1. The lowest BCUT2D eigenvalue weighted by Gasteiger charge is -2.42. The molecule has 116 valence electrons. The van der Waals surface area contributed by atoms with Crippen LogP contribution >= 0.6 is 11.6 Å². The lowest BCUT2D eigenvalue weighted by Crippen LogP contribution is -2.58. The van der Waals surface area contributed by atoms with Crippen molar-refractivity contribution >= 4 is 11.6 Å². The van der Waals surface area contributed by atoms with Crippen LogP contribution in [-0.4, -0.2) is 30.1 Å². The molecular weight excluding hydrogens is 287 g/mol. The highest BCUT2D eigenvalue weighted by molar-refractivity contribution is 6.31. The van der Waals surface area contributed by atoms with Crippen LogP contribution in [0.3, 0.4) is 0 Å². The molecule has 4 heteroatoms. The van der Waals surface area contributed by atoms with Crippen molar-refractivity contribution in [2.24, 2.45) is 11.8 Å². The van der Waals surface area contributed by atoms with E-state index in [4.69, 9.17) is 11.6 Å². The van der Waals surface area contributed by atoms with Gasteiger partial charge in [-0.1, -0.05) is 37.6 Å². The van der Waals surface area contributed by atoms with E-state index in [0.717, 1.165) is 31.1 Å². The van der Waals surface area contributed by atoms with E-state index >= 15 is 0 Å². The second-order valence-electron chi connectivity index (χ2n) is 6.81. The van der Waals surface area contributed by atoms with Crippen molar-refractivity contribution in [2.45, 2.75) is 45.3 Å². The summed E-state index contributed by atoms with van der Waals surface area (Å²) in [6.07, 6.45) is 2.69. The maximum absolute atomic E-state index is 13.6. The normalized spacial score (nSPS) is 27.3. The summed E-state index contributed by atoms with van der Waals surface area (Å²) in [6, 6.07) is 6.20. The van der Waals surface area contributed by atoms with Gasteiger partial charge >= 0.3 is 0 Å². The smallest absolute Gasteiger partial charge is 0.142 e. The molecule has 3 rings (SSSR count). The number of piperazine rings is 1. The lowest BCUT2D eigenvalue weighted by molar-refractivity contribution is 0.0851. The first-order valence-electron chi connectivity index (χ1n) is 7.96. The molecule has 1 aromatic rings. The van der Waals surface area contributed by atoms with Crippen LogP contribution in [0.5, 0.6) is 0 Å². The molecule has 0 bridgehead atoms. The SMILES string of the molecule is CC(C)C1CNC(C2CC2)CN1Cc1cccc(F)c1Cl. The highest BCUT2D eigenvalue weighted by atomic mass is 35.5. The van der Waals surface area contributed by atoms with Gasteiger partial charge < -0.3 is 5.32 Å². The monoisotopic (exact) mass is 310 g/mol. The van der Waals surface area contributed by atoms with Crippen molar-refractivity contribution in [3.05, 3.63) is 34.6 Å². The molecule has 0 aromatic heterocycles. The summed E-state index contributed by atoms with van der Waals surface area (Å²) in [7, 11) is 0. The first-order valence-corrected chi connectivity index (χ1v) is 8.34. The molecular formula is C17H24ClFN2. The zero-order valence-corrected chi connectivity index (χ0v) is 13.5. The highest BCUT2D eigenvalue weighted by Crippen LogP contribution is 2.35. The molecule has 1 heterocycles. The minimum absolute atomic E-state index is 0.279. The molecule has 21 heavy (non-hydrogen) atoms. The third kappa shape index (κ3) is 3.41. The third-order valence-electron chi connectivity index (χ3n) is 4.85. The third-order valence-corrected chi connectivity index (χ3v) is 5.28. The Labute approximate surface area is 131 Å². The quantitative estimate of drug-likeness (QED) is 0.912. The predicted molar refractivity (Wildman–Crippen MR) is 85.0 cm³/mol. The van der Waals surface area contributed by atoms with Crippen LogP contribution in [0.25, 0.3) is 0 Å². The number of benzene rings is 1. The van der Waals surface area contributed by atoms with E-state index in [1.165, 1.54) is 18.9 Å². The van der Waals surface area contributed by atoms with E-state index in [1.54, 1.807) is 6.07 Å². The van der Waals surface area contributed by atoms with Crippen molar-refractivity contribution in [2.75, 3.05) is 13.1 Å². The van der Waals surface area contributed by atoms with Crippen LogP contribution in [0.4, 0.5) is 4.39 Å². The van der Waals surface area contributed by atoms with Crippen molar-refractivity contribution in [1.29, 1.82) is 0 Å². The van der Waals surface area contributed by atoms with Gasteiger partial charge in [-0.3, -0.25) is 4.90 Å². The number of hydrogen-bond acceptors (Lipinski definition) is 2. The van der Waals surface area contributed by atoms with Crippen LogP contribution in [0, 0.1) is 17.7 Å². The summed E-state index contributed by atoms with van der Waals surface area (Å²) in [6.45, 7) is 7.31. The number of nitrogens with zero attached hydrogens (tertiary/aromatic N) is 1. The number of halogens is 2. The molecule has 1 aromatic carbocycles. The van der Waals surface area contributed by atoms with Gasteiger partial charge in [0.15, 0.2) is 0 Å². The molecule has 2 nitrogen and oxygen atoms in total. The Morgan fingerprint density at radius 3 is 2.81 bits per heavy atom. The van der Waals surface area contributed by atoms with E-state index in [9.17, 15) is 4.39 Å². The van der Waals surface area contributed by atoms with E-state index in [-0.39, 0.29) is 10.8 Å². The van der Waals surface area contributed by atoms with Gasteiger partial charge in [0.1, 0.15) is 5.82 Å². The Bertz CT molecular complexity index is 502. The summed E-state index contributed by atoms with van der Waals surface area (Å²) in [5, 5.41) is 3.98. The topological polar surface area (TPSA) is 15.3 Å². The summed E-state index contributed by atoms with van der Waals surface area (Å²) >= 11 is 6.13. The van der Waals surface area contributed by atoms with Gasteiger partial charge in [0.05, 0.1) is 5.02 Å². The number of rotatable bonds is 4. The van der Waals surface area contributed by atoms with Crippen molar-refractivity contribution < 1.29 is 4.39 Å². The first-order chi connectivity index (χ1) is 10.1. The average Bonchev–Trinajstić information content (AvgIpc) is 3.28. The fraction of sp³-hybridized carbons (Fsp3) is 0.647. The minimum atomic E-state index is -0.316. The maximum Gasteiger partial charge on any atom is 0.142 e. The van der Waals surface area contributed by atoms with Crippen molar-refractivity contribution in [3.63, 3.8) is 0 Å². The summed E-state index contributed by atoms with van der Waals surface area (Å²) in [5.74, 6) is 1.10. The Morgan fingerprint density at radius 2 is 2.14 bits per heavy atom. The molecule has 0 amide bonds. The highest BCUT2D eigenvalue weighted by Gasteiger charge is 2.38. The molecule has 0 radical (unpaired) electrons. The largest absolute Gasteiger partial charge is 0.311 e. The molecule has 2 fully saturated rings. The van der Waals surface area contributed by atoms with E-state index in [1.807, 2.05) is 6.07 Å². The molecule has 2 unspecified atom stereocenters. The van der Waals surface area contributed by atoms with Crippen molar-refractivity contribution in [3.8, 4) is 0 Å². The zero-order chi connectivity index (χ0) is 15.0. The van der Waals surface area contributed by atoms with Gasteiger partial charge in [-0.15, -0.1) is 0 Å². The zero-order valence-electron chi connectivity index (χ0n) is 12.8. The summed E-state index contributed by atoms with van der Waals surface area (Å²) < 4.78 is 13.6. The predicted octanol–water partition coefficient (Wildman–Crippen LogP) is 3.69. The van der Waals surface area contributed by atoms with Gasteiger partial charge in [-0.05, 0) is 36.3 Å². The first kappa shape index (κ1) is 15.3. The molecule has 1 saturated heterocycles. The molecule has 1 aliphatic heterocycles. The van der Waals surface area contributed by atoms with Gasteiger partial charge in [-0.25, -0.2) is 4.39 Å². The molecule has 2 aliphatic rings. The molecule has 0 spiro atoms. The van der Waals surface area contributed by atoms with Gasteiger partial charge in [0.2, 0.25) is 0 Å². The average molecular weight is 311 g/mol. The second-order valence-corrected chi connectivity index (χ2v) is 7.18. The standard InChI is InChI=1S/C17H24ClFN2/c1-11(2)16-8-20-15(12-6-7-12)10-21(16)9-13-4-3-5-14(19)17(13)18/h3-5,11-12,15-16,20H,6-10H2,1-2H3. The Morgan fingerprint density at radius 1 is 1.38 bits per heavy atom. The van der Waals surface area contributed by atoms with Gasteiger partial charge in [0.25, 0.3) is 0 Å². The second kappa shape index (κ2) is 6.23. The Kier molecular flexibility index (Phi) is 4.53. The Balaban J connectivity index is 1.76. The van der Waals surface area contributed by atoms with Crippen molar-refractivity contribution in [1.82, 2.24) is 10.2 Å². The molecule has 1 saturated carbocycles. The Hall–Kier alpha value is -0.640. The van der Waals surface area contributed by atoms with Crippen LogP contribution in [-0.2, 0) is 6.54 Å².